The van der Waals surface area contributed by atoms with Crippen LogP contribution in [0.5, 0.6) is 0 Å². The summed E-state index contributed by atoms with van der Waals surface area (Å²) < 4.78 is 0. The van der Waals surface area contributed by atoms with Crippen molar-refractivity contribution in [2.24, 2.45) is 0 Å². The first kappa shape index (κ1) is 14.4. The summed E-state index contributed by atoms with van der Waals surface area (Å²) in [5.74, 6) is 0.342. The van der Waals surface area contributed by atoms with Gasteiger partial charge >= 0.3 is 0 Å². The number of hydrogen-bond acceptors (Lipinski definition) is 1. The molecule has 3 rings (SSSR count). The molecule has 0 saturated carbocycles. The van der Waals surface area contributed by atoms with Gasteiger partial charge in [0.05, 0.1) is 0 Å². The van der Waals surface area contributed by atoms with Crippen LogP contribution >= 0.6 is 0 Å². The molecule has 22 heavy (non-hydrogen) atoms. The van der Waals surface area contributed by atoms with Crippen molar-refractivity contribution in [3.63, 3.8) is 0 Å². The predicted molar refractivity (Wildman–Crippen MR) is 91.4 cm³/mol. The fourth-order valence-corrected chi connectivity index (χ4v) is 2.64. The van der Waals surface area contributed by atoms with Crippen molar-refractivity contribution in [2.75, 3.05) is 5.32 Å². The van der Waals surface area contributed by atoms with E-state index in [-0.39, 0.29) is 5.91 Å². The molecule has 0 aliphatic heterocycles. The first-order valence-corrected chi connectivity index (χ1v) is 7.66. The maximum atomic E-state index is 12.5. The lowest BCUT2D eigenvalue weighted by atomic mass is 9.97. The molecule has 0 bridgehead atoms. The van der Waals surface area contributed by atoms with Gasteiger partial charge in [0.2, 0.25) is 0 Å². The van der Waals surface area contributed by atoms with E-state index in [0.717, 1.165) is 23.0 Å². The topological polar surface area (TPSA) is 44.9 Å². The minimum absolute atomic E-state index is 0.0766. The van der Waals surface area contributed by atoms with E-state index >= 15 is 0 Å². The summed E-state index contributed by atoms with van der Waals surface area (Å²) in [4.78, 5) is 15.7. The van der Waals surface area contributed by atoms with E-state index in [1.807, 2.05) is 48.7 Å². The highest BCUT2D eigenvalue weighted by Crippen LogP contribution is 2.27. The van der Waals surface area contributed by atoms with Crippen molar-refractivity contribution in [1.82, 2.24) is 4.98 Å². The lowest BCUT2D eigenvalue weighted by molar-refractivity contribution is 0.102. The maximum absolute atomic E-state index is 12.5. The Hall–Kier alpha value is -2.55. The molecule has 112 valence electrons. The number of nitrogens with one attached hydrogen (secondary N) is 2. The summed E-state index contributed by atoms with van der Waals surface area (Å²) in [6.45, 7) is 4.33. The first-order chi connectivity index (χ1) is 10.7. The van der Waals surface area contributed by atoms with Crippen LogP contribution in [0, 0.1) is 0 Å². The molecule has 3 aromatic rings. The Bertz CT molecular complexity index is 804. The highest BCUT2D eigenvalue weighted by molar-refractivity contribution is 6.06. The Labute approximate surface area is 130 Å². The van der Waals surface area contributed by atoms with E-state index in [4.69, 9.17) is 0 Å². The van der Waals surface area contributed by atoms with Gasteiger partial charge in [0.15, 0.2) is 0 Å². The van der Waals surface area contributed by atoms with Crippen LogP contribution in [-0.2, 0) is 0 Å². The van der Waals surface area contributed by atoms with Gasteiger partial charge in [-0.2, -0.15) is 0 Å². The molecule has 1 unspecified atom stereocenters. The lowest BCUT2D eigenvalue weighted by Crippen LogP contribution is -2.13. The molecule has 3 heteroatoms. The monoisotopic (exact) mass is 292 g/mol. The smallest absolute Gasteiger partial charge is 0.255 e. The van der Waals surface area contributed by atoms with E-state index in [9.17, 15) is 4.79 Å². The molecule has 0 spiro atoms. The Kier molecular flexibility index (Phi) is 3.96. The standard InChI is InChI=1S/C19H20N2O/c1-3-13(2)16-6-4-5-7-17(16)21-19(22)15-9-8-14-10-11-20-18(14)12-15/h4-13,20H,3H2,1-2H3,(H,21,22). The molecular weight excluding hydrogens is 272 g/mol. The minimum Gasteiger partial charge on any atom is -0.361 e. The van der Waals surface area contributed by atoms with E-state index in [1.54, 1.807) is 0 Å². The zero-order chi connectivity index (χ0) is 15.5. The fraction of sp³-hybridized carbons (Fsp3) is 0.211. The lowest BCUT2D eigenvalue weighted by Gasteiger charge is -2.15. The van der Waals surface area contributed by atoms with E-state index in [1.165, 1.54) is 5.56 Å². The Morgan fingerprint density at radius 3 is 2.82 bits per heavy atom. The number of para-hydroxylation sites is 1. The van der Waals surface area contributed by atoms with Gasteiger partial charge in [0.1, 0.15) is 0 Å². The zero-order valence-electron chi connectivity index (χ0n) is 12.9. The highest BCUT2D eigenvalue weighted by Gasteiger charge is 2.12. The number of fused-ring (bicyclic) bond motifs is 1. The molecule has 0 radical (unpaired) electrons. The van der Waals surface area contributed by atoms with Gasteiger partial charge in [-0.05, 0) is 47.6 Å². The number of carbonyl (C=O) groups is 1. The SMILES string of the molecule is CCC(C)c1ccccc1NC(=O)c1ccc2cc[nH]c2c1. The van der Waals surface area contributed by atoms with Crippen molar-refractivity contribution in [1.29, 1.82) is 0 Å². The van der Waals surface area contributed by atoms with Crippen molar-refractivity contribution in [3.8, 4) is 0 Å². The molecule has 2 N–H and O–H groups in total. The zero-order valence-corrected chi connectivity index (χ0v) is 12.9. The second-order valence-electron chi connectivity index (χ2n) is 5.63. The fourth-order valence-electron chi connectivity index (χ4n) is 2.64. The van der Waals surface area contributed by atoms with Crippen LogP contribution in [0.2, 0.25) is 0 Å². The van der Waals surface area contributed by atoms with Gasteiger partial charge < -0.3 is 10.3 Å². The molecule has 0 aliphatic rings. The van der Waals surface area contributed by atoms with E-state index in [0.29, 0.717) is 11.5 Å². The summed E-state index contributed by atoms with van der Waals surface area (Å²) >= 11 is 0. The molecule has 1 aromatic heterocycles. The molecule has 0 fully saturated rings. The van der Waals surface area contributed by atoms with Gasteiger partial charge in [0.25, 0.3) is 5.91 Å². The largest absolute Gasteiger partial charge is 0.361 e. The van der Waals surface area contributed by atoms with Gasteiger partial charge in [-0.25, -0.2) is 0 Å². The molecule has 3 nitrogen and oxygen atoms in total. The molecule has 0 saturated heterocycles. The van der Waals surface area contributed by atoms with Gasteiger partial charge in [0, 0.05) is 23.0 Å². The van der Waals surface area contributed by atoms with E-state index < -0.39 is 0 Å². The summed E-state index contributed by atoms with van der Waals surface area (Å²) in [7, 11) is 0. The second-order valence-corrected chi connectivity index (χ2v) is 5.63. The van der Waals surface area contributed by atoms with Gasteiger partial charge in [-0.1, -0.05) is 38.1 Å². The highest BCUT2D eigenvalue weighted by atomic mass is 16.1. The third-order valence-corrected chi connectivity index (χ3v) is 4.17. The second kappa shape index (κ2) is 6.06. The molecular formula is C19H20N2O. The molecule has 1 heterocycles. The third kappa shape index (κ3) is 2.75. The van der Waals surface area contributed by atoms with Gasteiger partial charge in [-0.3, -0.25) is 4.79 Å². The Morgan fingerprint density at radius 1 is 1.18 bits per heavy atom. The van der Waals surface area contributed by atoms with Crippen molar-refractivity contribution < 1.29 is 4.79 Å². The Morgan fingerprint density at radius 2 is 2.00 bits per heavy atom. The Balaban J connectivity index is 1.88. The number of hydrogen-bond donors (Lipinski definition) is 2. The number of H-pyrrole nitrogens is 1. The third-order valence-electron chi connectivity index (χ3n) is 4.17. The average molecular weight is 292 g/mol. The number of rotatable bonds is 4. The van der Waals surface area contributed by atoms with Gasteiger partial charge in [-0.15, -0.1) is 0 Å². The first-order valence-electron chi connectivity index (χ1n) is 7.66. The molecule has 0 aliphatic carbocycles. The molecule has 1 amide bonds. The quantitative estimate of drug-likeness (QED) is 0.703. The van der Waals surface area contributed by atoms with Crippen LogP contribution in [0.25, 0.3) is 10.9 Å². The number of anilines is 1. The number of aromatic nitrogens is 1. The van der Waals surface area contributed by atoms with Crippen LogP contribution in [0.3, 0.4) is 0 Å². The van der Waals surface area contributed by atoms with Crippen molar-refractivity contribution in [2.45, 2.75) is 26.2 Å². The summed E-state index contributed by atoms with van der Waals surface area (Å²) in [6, 6.07) is 15.7. The van der Waals surface area contributed by atoms with Crippen molar-refractivity contribution in [3.05, 3.63) is 65.9 Å². The normalized spacial score (nSPS) is 12.3. The van der Waals surface area contributed by atoms with Crippen LogP contribution in [0.4, 0.5) is 5.69 Å². The van der Waals surface area contributed by atoms with E-state index in [2.05, 4.69) is 30.2 Å². The van der Waals surface area contributed by atoms with Crippen molar-refractivity contribution >= 4 is 22.5 Å². The summed E-state index contributed by atoms with van der Waals surface area (Å²) in [5.41, 5.74) is 3.71. The van der Waals surface area contributed by atoms with Crippen LogP contribution in [0.1, 0.15) is 42.1 Å². The summed E-state index contributed by atoms with van der Waals surface area (Å²) in [5, 5.41) is 4.15. The van der Waals surface area contributed by atoms with Crippen LogP contribution in [-0.4, -0.2) is 10.9 Å². The number of aromatic amines is 1. The molecule has 2 aromatic carbocycles. The average Bonchev–Trinajstić information content (AvgIpc) is 3.02. The minimum atomic E-state index is -0.0766. The number of benzene rings is 2. The maximum Gasteiger partial charge on any atom is 0.255 e. The molecule has 1 atom stereocenters. The number of carbonyl (C=O) groups excluding carboxylic acids is 1. The van der Waals surface area contributed by atoms with Crippen LogP contribution in [0.15, 0.2) is 54.7 Å². The van der Waals surface area contributed by atoms with Crippen LogP contribution < -0.4 is 5.32 Å². The predicted octanol–water partition coefficient (Wildman–Crippen LogP) is 4.93. The number of amides is 1. The summed E-state index contributed by atoms with van der Waals surface area (Å²) in [6.07, 6.45) is 2.92.